The van der Waals surface area contributed by atoms with Crippen LogP contribution in [0.5, 0.6) is 0 Å². The van der Waals surface area contributed by atoms with E-state index in [2.05, 4.69) is 24.4 Å². The van der Waals surface area contributed by atoms with Gasteiger partial charge >= 0.3 is 0 Å². The highest BCUT2D eigenvalue weighted by molar-refractivity contribution is 5.75. The topological polar surface area (TPSA) is 49.3 Å². The van der Waals surface area contributed by atoms with Crippen molar-refractivity contribution < 1.29 is 9.90 Å². The van der Waals surface area contributed by atoms with Gasteiger partial charge in [0.05, 0.1) is 6.61 Å². The third-order valence-electron chi connectivity index (χ3n) is 4.10. The van der Waals surface area contributed by atoms with E-state index in [-0.39, 0.29) is 12.5 Å². The minimum atomic E-state index is 0.0232. The number of nitrogens with one attached hydrogen (secondary N) is 1. The fourth-order valence-electron chi connectivity index (χ4n) is 2.64. The third-order valence-corrected chi connectivity index (χ3v) is 4.10. The Kier molecular flexibility index (Phi) is 18.5. The van der Waals surface area contributed by atoms with Crippen LogP contribution in [0.2, 0.25) is 0 Å². The van der Waals surface area contributed by atoms with Crippen molar-refractivity contribution in [2.75, 3.05) is 13.2 Å². The maximum atomic E-state index is 11.3. The Morgan fingerprint density at radius 2 is 1.35 bits per heavy atom. The fourth-order valence-corrected chi connectivity index (χ4v) is 2.64. The van der Waals surface area contributed by atoms with Crippen LogP contribution in [0.4, 0.5) is 0 Å². The Hall–Kier alpha value is -0.830. The summed E-state index contributed by atoms with van der Waals surface area (Å²) >= 11 is 0. The average Bonchev–Trinajstić information content (AvgIpc) is 2.56. The number of carbonyl (C=O) groups is 1. The number of hydrogen-bond donors (Lipinski definition) is 2. The highest BCUT2D eigenvalue weighted by Gasteiger charge is 1.98. The largest absolute Gasteiger partial charge is 0.395 e. The van der Waals surface area contributed by atoms with Gasteiger partial charge in [-0.05, 0) is 32.1 Å². The molecule has 1 amide bonds. The van der Waals surface area contributed by atoms with E-state index in [0.29, 0.717) is 13.0 Å². The van der Waals surface area contributed by atoms with Crippen molar-refractivity contribution in [1.29, 1.82) is 0 Å². The van der Waals surface area contributed by atoms with Crippen molar-refractivity contribution in [3.63, 3.8) is 0 Å². The van der Waals surface area contributed by atoms with Gasteiger partial charge in [-0.2, -0.15) is 0 Å². The molecule has 2 N–H and O–H groups in total. The summed E-state index contributed by atoms with van der Waals surface area (Å²) in [6, 6.07) is 0. The second-order valence-electron chi connectivity index (χ2n) is 6.41. The molecule has 0 heterocycles. The van der Waals surface area contributed by atoms with Crippen LogP contribution >= 0.6 is 0 Å². The summed E-state index contributed by atoms with van der Waals surface area (Å²) in [5.41, 5.74) is 0. The molecule has 0 aliphatic carbocycles. The highest BCUT2D eigenvalue weighted by Crippen LogP contribution is 2.10. The second-order valence-corrected chi connectivity index (χ2v) is 6.41. The molecule has 0 aliphatic heterocycles. The van der Waals surface area contributed by atoms with Gasteiger partial charge in [-0.1, -0.05) is 70.4 Å². The fraction of sp³-hybridized carbons (Fsp3) is 0.850. The number of unbranched alkanes of at least 4 members (excludes halogenated alkanes) is 11. The number of aliphatic hydroxyl groups is 1. The van der Waals surface area contributed by atoms with Crippen molar-refractivity contribution in [2.45, 2.75) is 96.8 Å². The van der Waals surface area contributed by atoms with Crippen LogP contribution in [-0.2, 0) is 4.79 Å². The Morgan fingerprint density at radius 1 is 0.826 bits per heavy atom. The lowest BCUT2D eigenvalue weighted by atomic mass is 10.1. The first-order valence-corrected chi connectivity index (χ1v) is 9.83. The van der Waals surface area contributed by atoms with Crippen LogP contribution in [0.1, 0.15) is 96.8 Å². The predicted octanol–water partition coefficient (Wildman–Crippen LogP) is 5.13. The summed E-state index contributed by atoms with van der Waals surface area (Å²) in [7, 11) is 0. The summed E-state index contributed by atoms with van der Waals surface area (Å²) in [6.07, 6.45) is 21.9. The molecule has 0 spiro atoms. The van der Waals surface area contributed by atoms with Crippen molar-refractivity contribution in [1.82, 2.24) is 5.32 Å². The summed E-state index contributed by atoms with van der Waals surface area (Å²) in [6.45, 7) is 2.66. The molecule has 0 saturated carbocycles. The molecule has 3 heteroatoms. The highest BCUT2D eigenvalue weighted by atomic mass is 16.3. The van der Waals surface area contributed by atoms with Gasteiger partial charge in [0.15, 0.2) is 0 Å². The first kappa shape index (κ1) is 22.2. The van der Waals surface area contributed by atoms with Crippen molar-refractivity contribution in [2.24, 2.45) is 0 Å². The molecule has 0 aromatic heterocycles. The number of allylic oxidation sites excluding steroid dienone is 2. The zero-order valence-electron chi connectivity index (χ0n) is 15.3. The molecular formula is C20H39NO2. The molecule has 0 aromatic carbocycles. The van der Waals surface area contributed by atoms with E-state index in [1.165, 1.54) is 64.2 Å². The Morgan fingerprint density at radius 3 is 1.91 bits per heavy atom. The summed E-state index contributed by atoms with van der Waals surface area (Å²) in [4.78, 5) is 11.3. The minimum absolute atomic E-state index is 0.0232. The molecular weight excluding hydrogens is 286 g/mol. The number of hydrogen-bond acceptors (Lipinski definition) is 2. The van der Waals surface area contributed by atoms with Crippen molar-refractivity contribution in [3.8, 4) is 0 Å². The van der Waals surface area contributed by atoms with Gasteiger partial charge in [-0.25, -0.2) is 0 Å². The lowest BCUT2D eigenvalue weighted by Gasteiger charge is -2.02. The molecule has 0 radical (unpaired) electrons. The Labute approximate surface area is 143 Å². The van der Waals surface area contributed by atoms with Gasteiger partial charge in [0, 0.05) is 13.0 Å². The van der Waals surface area contributed by atoms with Crippen LogP contribution in [0.3, 0.4) is 0 Å². The number of amides is 1. The zero-order chi connectivity index (χ0) is 17.0. The van der Waals surface area contributed by atoms with Crippen LogP contribution in [0.15, 0.2) is 12.2 Å². The van der Waals surface area contributed by atoms with E-state index in [4.69, 9.17) is 5.11 Å². The smallest absolute Gasteiger partial charge is 0.220 e. The quantitative estimate of drug-likeness (QED) is 0.287. The monoisotopic (exact) mass is 325 g/mol. The van der Waals surface area contributed by atoms with E-state index >= 15 is 0 Å². The van der Waals surface area contributed by atoms with Crippen LogP contribution < -0.4 is 5.32 Å². The van der Waals surface area contributed by atoms with Gasteiger partial charge in [-0.3, -0.25) is 4.79 Å². The van der Waals surface area contributed by atoms with Crippen LogP contribution in [-0.4, -0.2) is 24.2 Å². The number of aliphatic hydroxyl groups excluding tert-OH is 1. The molecule has 0 aliphatic rings. The van der Waals surface area contributed by atoms with E-state index in [0.717, 1.165) is 19.3 Å². The molecule has 136 valence electrons. The lowest BCUT2D eigenvalue weighted by Crippen LogP contribution is -2.25. The SMILES string of the molecule is CCCCCCCCCC/C=C/CCCCCC(=O)NCCO. The maximum absolute atomic E-state index is 11.3. The molecule has 0 unspecified atom stereocenters. The summed E-state index contributed by atoms with van der Waals surface area (Å²) in [5, 5.41) is 11.3. The van der Waals surface area contributed by atoms with Crippen molar-refractivity contribution >= 4 is 5.91 Å². The number of rotatable bonds is 17. The summed E-state index contributed by atoms with van der Waals surface area (Å²) < 4.78 is 0. The molecule has 0 fully saturated rings. The lowest BCUT2D eigenvalue weighted by molar-refractivity contribution is -0.121. The predicted molar refractivity (Wildman–Crippen MR) is 99.5 cm³/mol. The zero-order valence-corrected chi connectivity index (χ0v) is 15.3. The molecule has 0 saturated heterocycles. The molecule has 0 atom stereocenters. The van der Waals surface area contributed by atoms with Crippen LogP contribution in [0, 0.1) is 0 Å². The Bertz CT molecular complexity index is 277. The molecule has 23 heavy (non-hydrogen) atoms. The van der Waals surface area contributed by atoms with Gasteiger partial charge in [-0.15, -0.1) is 0 Å². The number of carbonyl (C=O) groups excluding carboxylic acids is 1. The van der Waals surface area contributed by atoms with Gasteiger partial charge in [0.25, 0.3) is 0 Å². The minimum Gasteiger partial charge on any atom is -0.395 e. The van der Waals surface area contributed by atoms with Crippen molar-refractivity contribution in [3.05, 3.63) is 12.2 Å². The first-order chi connectivity index (χ1) is 11.3. The van der Waals surface area contributed by atoms with Crippen LogP contribution in [0.25, 0.3) is 0 Å². The van der Waals surface area contributed by atoms with E-state index in [1.807, 2.05) is 0 Å². The first-order valence-electron chi connectivity index (χ1n) is 9.83. The second kappa shape index (κ2) is 19.2. The van der Waals surface area contributed by atoms with E-state index in [1.54, 1.807) is 0 Å². The van der Waals surface area contributed by atoms with Gasteiger partial charge < -0.3 is 10.4 Å². The maximum Gasteiger partial charge on any atom is 0.220 e. The molecule has 0 bridgehead atoms. The Balaban J connectivity index is 3.15. The van der Waals surface area contributed by atoms with Gasteiger partial charge in [0.2, 0.25) is 5.91 Å². The normalized spacial score (nSPS) is 11.2. The standard InChI is InChI=1S/C20H39NO2/c1-2-3-4-5-6-7-8-9-10-11-12-13-14-15-16-17-20(23)21-18-19-22/h11-12,22H,2-10,13-19H2,1H3,(H,21,23)/b12-11+. The molecule has 3 nitrogen and oxygen atoms in total. The van der Waals surface area contributed by atoms with E-state index in [9.17, 15) is 4.79 Å². The third kappa shape index (κ3) is 19.1. The summed E-state index contributed by atoms with van der Waals surface area (Å²) in [5.74, 6) is 0.0595. The molecule has 0 aromatic rings. The molecule has 0 rings (SSSR count). The van der Waals surface area contributed by atoms with E-state index < -0.39 is 0 Å². The van der Waals surface area contributed by atoms with Gasteiger partial charge in [0.1, 0.15) is 0 Å². The average molecular weight is 326 g/mol.